The van der Waals surface area contributed by atoms with Crippen LogP contribution in [0.15, 0.2) is 33.9 Å². The molecule has 0 aliphatic carbocycles. The number of amides is 1. The van der Waals surface area contributed by atoms with E-state index in [-0.39, 0.29) is 17.8 Å². The summed E-state index contributed by atoms with van der Waals surface area (Å²) in [4.78, 5) is 14.3. The topological polar surface area (TPSA) is 93.4 Å². The molecule has 2 aromatic rings. The zero-order valence-corrected chi connectivity index (χ0v) is 13.7. The summed E-state index contributed by atoms with van der Waals surface area (Å²) in [7, 11) is -3.55. The lowest BCUT2D eigenvalue weighted by atomic mass is 10.1. The summed E-state index contributed by atoms with van der Waals surface area (Å²) in [6.45, 7) is 2.53. The van der Waals surface area contributed by atoms with E-state index in [9.17, 15) is 13.2 Å². The molecule has 1 saturated heterocycles. The Labute approximate surface area is 134 Å². The van der Waals surface area contributed by atoms with Gasteiger partial charge in [-0.3, -0.25) is 4.79 Å². The molecular weight excluding hydrogens is 318 g/mol. The fraction of sp³-hybridized carbons (Fsp3) is 0.400. The molecule has 0 radical (unpaired) electrons. The number of benzene rings is 1. The summed E-state index contributed by atoms with van der Waals surface area (Å²) >= 11 is 0. The van der Waals surface area contributed by atoms with Gasteiger partial charge in [0.05, 0.1) is 0 Å². The van der Waals surface area contributed by atoms with Gasteiger partial charge in [0.1, 0.15) is 6.04 Å². The van der Waals surface area contributed by atoms with E-state index in [1.165, 1.54) is 0 Å². The van der Waals surface area contributed by atoms with Crippen molar-refractivity contribution in [2.75, 3.05) is 12.8 Å². The van der Waals surface area contributed by atoms with E-state index in [1.807, 2.05) is 19.1 Å². The van der Waals surface area contributed by atoms with Crippen molar-refractivity contribution in [3.63, 3.8) is 0 Å². The van der Waals surface area contributed by atoms with Gasteiger partial charge in [-0.25, -0.2) is 8.42 Å². The van der Waals surface area contributed by atoms with Crippen LogP contribution in [-0.2, 0) is 9.84 Å². The van der Waals surface area contributed by atoms with Crippen molar-refractivity contribution < 1.29 is 17.6 Å². The van der Waals surface area contributed by atoms with Gasteiger partial charge >= 0.3 is 5.22 Å². The monoisotopic (exact) mass is 335 g/mol. The molecule has 1 atom stereocenters. The number of aromatic nitrogens is 2. The molecule has 1 aromatic carbocycles. The van der Waals surface area contributed by atoms with Crippen LogP contribution >= 0.6 is 0 Å². The summed E-state index contributed by atoms with van der Waals surface area (Å²) < 4.78 is 28.2. The Balaban J connectivity index is 1.87. The lowest BCUT2D eigenvalue weighted by Gasteiger charge is -2.22. The number of rotatable bonds is 3. The van der Waals surface area contributed by atoms with Crippen LogP contribution in [0, 0.1) is 6.92 Å². The maximum Gasteiger partial charge on any atom is 0.335 e. The first-order valence-electron chi connectivity index (χ1n) is 7.27. The van der Waals surface area contributed by atoms with E-state index < -0.39 is 15.1 Å². The van der Waals surface area contributed by atoms with E-state index in [1.54, 1.807) is 17.0 Å². The average Bonchev–Trinajstić information content (AvgIpc) is 3.15. The van der Waals surface area contributed by atoms with Gasteiger partial charge in [-0.2, -0.15) is 0 Å². The molecule has 0 saturated carbocycles. The lowest BCUT2D eigenvalue weighted by molar-refractivity contribution is 0.0712. The first-order chi connectivity index (χ1) is 10.9. The summed E-state index contributed by atoms with van der Waals surface area (Å²) in [5.41, 5.74) is 1.67. The zero-order chi connectivity index (χ0) is 16.6. The fourth-order valence-corrected chi connectivity index (χ4v) is 3.06. The Bertz CT molecular complexity index is 827. The predicted molar refractivity (Wildman–Crippen MR) is 81.6 cm³/mol. The normalized spacial score (nSPS) is 18.3. The molecule has 1 aromatic heterocycles. The summed E-state index contributed by atoms with van der Waals surface area (Å²) in [5, 5.41) is 6.97. The molecule has 0 bridgehead atoms. The highest BCUT2D eigenvalue weighted by Gasteiger charge is 2.35. The van der Waals surface area contributed by atoms with Gasteiger partial charge in [0.25, 0.3) is 5.91 Å². The van der Waals surface area contributed by atoms with Crippen LogP contribution in [0.25, 0.3) is 0 Å². The minimum atomic E-state index is -3.55. The van der Waals surface area contributed by atoms with Crippen molar-refractivity contribution in [1.82, 2.24) is 15.1 Å². The lowest BCUT2D eigenvalue weighted by Crippen LogP contribution is -2.30. The second kappa shape index (κ2) is 5.77. The number of hydrogen-bond donors (Lipinski definition) is 0. The highest BCUT2D eigenvalue weighted by atomic mass is 32.2. The quantitative estimate of drug-likeness (QED) is 0.848. The molecule has 1 fully saturated rings. The van der Waals surface area contributed by atoms with Crippen molar-refractivity contribution in [2.45, 2.75) is 31.0 Å². The van der Waals surface area contributed by atoms with Crippen LogP contribution < -0.4 is 0 Å². The number of aryl methyl sites for hydroxylation is 1. The minimum absolute atomic E-state index is 0.119. The Morgan fingerprint density at radius 2 is 1.96 bits per heavy atom. The first-order valence-corrected chi connectivity index (χ1v) is 9.16. The smallest absolute Gasteiger partial charge is 0.335 e. The minimum Gasteiger partial charge on any atom is -0.410 e. The Morgan fingerprint density at radius 3 is 2.57 bits per heavy atom. The Hall–Kier alpha value is -2.22. The second-order valence-electron chi connectivity index (χ2n) is 5.70. The average molecular weight is 335 g/mol. The Morgan fingerprint density at radius 1 is 1.26 bits per heavy atom. The highest BCUT2D eigenvalue weighted by Crippen LogP contribution is 2.32. The second-order valence-corrected chi connectivity index (χ2v) is 7.59. The highest BCUT2D eigenvalue weighted by molar-refractivity contribution is 7.90. The maximum absolute atomic E-state index is 12.7. The third-order valence-corrected chi connectivity index (χ3v) is 4.64. The molecule has 1 amide bonds. The van der Waals surface area contributed by atoms with Gasteiger partial charge in [-0.1, -0.05) is 22.8 Å². The van der Waals surface area contributed by atoms with Gasteiger partial charge < -0.3 is 9.32 Å². The number of likely N-dealkylation sites (tertiary alicyclic amines) is 1. The van der Waals surface area contributed by atoms with Crippen LogP contribution in [-0.4, -0.2) is 42.2 Å². The summed E-state index contributed by atoms with van der Waals surface area (Å²) in [6.07, 6.45) is 2.48. The fourth-order valence-electron chi connectivity index (χ4n) is 2.63. The van der Waals surface area contributed by atoms with Gasteiger partial charge in [0, 0.05) is 18.4 Å². The SMILES string of the molecule is Cc1ccc(C(=O)N2CCC[C@H]2c2nnc(S(C)(=O)=O)o2)cc1. The Kier molecular flexibility index (Phi) is 3.93. The van der Waals surface area contributed by atoms with Crippen molar-refractivity contribution in [3.8, 4) is 0 Å². The molecule has 122 valence electrons. The van der Waals surface area contributed by atoms with Crippen LogP contribution in [0.2, 0.25) is 0 Å². The number of sulfone groups is 1. The van der Waals surface area contributed by atoms with Gasteiger partial charge in [-0.15, -0.1) is 5.10 Å². The standard InChI is InChI=1S/C15H17N3O4S/c1-10-5-7-11(8-6-10)14(19)18-9-3-4-12(18)13-16-17-15(22-13)23(2,20)21/h5-8,12H,3-4,9H2,1-2H3/t12-/m0/s1. The molecule has 8 heteroatoms. The molecule has 1 aliphatic heterocycles. The van der Waals surface area contributed by atoms with Gasteiger partial charge in [-0.05, 0) is 31.9 Å². The van der Waals surface area contributed by atoms with Gasteiger partial charge in [0.15, 0.2) is 0 Å². The number of hydrogen-bond acceptors (Lipinski definition) is 6. The van der Waals surface area contributed by atoms with E-state index >= 15 is 0 Å². The summed E-state index contributed by atoms with van der Waals surface area (Å²) in [5.74, 6) is 0.0509. The third kappa shape index (κ3) is 3.12. The maximum atomic E-state index is 12.7. The van der Waals surface area contributed by atoms with Gasteiger partial charge in [0.2, 0.25) is 15.7 Å². The molecule has 2 heterocycles. The number of carbonyl (C=O) groups is 1. The molecule has 1 aliphatic rings. The van der Waals surface area contributed by atoms with E-state index in [0.717, 1.165) is 18.2 Å². The molecule has 0 unspecified atom stereocenters. The van der Waals surface area contributed by atoms with E-state index in [0.29, 0.717) is 18.5 Å². The number of carbonyl (C=O) groups excluding carboxylic acids is 1. The van der Waals surface area contributed by atoms with E-state index in [4.69, 9.17) is 4.42 Å². The van der Waals surface area contributed by atoms with E-state index in [2.05, 4.69) is 10.2 Å². The van der Waals surface area contributed by atoms with Crippen LogP contribution in [0.1, 0.15) is 40.7 Å². The largest absolute Gasteiger partial charge is 0.410 e. The van der Waals surface area contributed by atoms with Crippen molar-refractivity contribution in [3.05, 3.63) is 41.3 Å². The third-order valence-electron chi connectivity index (χ3n) is 3.84. The van der Waals surface area contributed by atoms with Crippen LogP contribution in [0.5, 0.6) is 0 Å². The molecule has 3 rings (SSSR count). The number of nitrogens with zero attached hydrogens (tertiary/aromatic N) is 3. The summed E-state index contributed by atoms with van der Waals surface area (Å²) in [6, 6.07) is 6.94. The van der Waals surface area contributed by atoms with Crippen molar-refractivity contribution in [2.24, 2.45) is 0 Å². The first kappa shape index (κ1) is 15.7. The molecule has 0 spiro atoms. The molecule has 23 heavy (non-hydrogen) atoms. The van der Waals surface area contributed by atoms with Crippen LogP contribution in [0.3, 0.4) is 0 Å². The van der Waals surface area contributed by atoms with Crippen molar-refractivity contribution in [1.29, 1.82) is 0 Å². The predicted octanol–water partition coefficient (Wildman–Crippen LogP) is 1.76. The molecular formula is C15H17N3O4S. The zero-order valence-electron chi connectivity index (χ0n) is 12.9. The molecule has 0 N–H and O–H groups in total. The van der Waals surface area contributed by atoms with Crippen LogP contribution in [0.4, 0.5) is 0 Å². The van der Waals surface area contributed by atoms with Crippen molar-refractivity contribution >= 4 is 15.7 Å². The molecule has 7 nitrogen and oxygen atoms in total.